The first-order valence-electron chi connectivity index (χ1n) is 6.00. The molecule has 0 atom stereocenters. The van der Waals surface area contributed by atoms with E-state index < -0.39 is 5.82 Å². The number of nitrogens with one attached hydrogen (secondary N) is 3. The van der Waals surface area contributed by atoms with Crippen LogP contribution in [0.3, 0.4) is 0 Å². The summed E-state index contributed by atoms with van der Waals surface area (Å²) in [5.74, 6) is -0.908. The fourth-order valence-electron chi connectivity index (χ4n) is 1.44. The van der Waals surface area contributed by atoms with Gasteiger partial charge in [-0.3, -0.25) is 9.59 Å². The third kappa shape index (κ3) is 5.05. The van der Waals surface area contributed by atoms with Gasteiger partial charge in [0.25, 0.3) is 5.91 Å². The summed E-state index contributed by atoms with van der Waals surface area (Å²) in [6, 6.07) is 4.32. The number of carbonyl (C=O) groups excluding carboxylic acids is 2. The number of hydrogen-bond acceptors (Lipinski definition) is 3. The molecule has 0 fully saturated rings. The zero-order chi connectivity index (χ0) is 14.3. The van der Waals surface area contributed by atoms with E-state index >= 15 is 0 Å². The van der Waals surface area contributed by atoms with Crippen molar-refractivity contribution in [3.8, 4) is 0 Å². The van der Waals surface area contributed by atoms with Crippen molar-refractivity contribution in [2.45, 2.75) is 6.92 Å². The van der Waals surface area contributed by atoms with Crippen molar-refractivity contribution in [1.29, 1.82) is 0 Å². The maximum absolute atomic E-state index is 13.3. The number of amides is 2. The lowest BCUT2D eigenvalue weighted by Gasteiger charge is -2.07. The van der Waals surface area contributed by atoms with Crippen LogP contribution in [-0.4, -0.2) is 38.5 Å². The Labute approximate surface area is 111 Å². The SMILES string of the molecule is CNCC(=O)NCCNC(=O)c1ccc(C)c(F)c1. The molecule has 1 rings (SSSR count). The van der Waals surface area contributed by atoms with Gasteiger partial charge in [-0.25, -0.2) is 4.39 Å². The van der Waals surface area contributed by atoms with Crippen LogP contribution >= 0.6 is 0 Å². The van der Waals surface area contributed by atoms with Crippen molar-refractivity contribution in [2.75, 3.05) is 26.7 Å². The normalized spacial score (nSPS) is 10.1. The molecule has 5 nitrogen and oxygen atoms in total. The molecule has 0 aliphatic heterocycles. The average Bonchev–Trinajstić information content (AvgIpc) is 2.38. The molecule has 0 saturated carbocycles. The second-order valence-electron chi connectivity index (χ2n) is 4.10. The molecular weight excluding hydrogens is 249 g/mol. The van der Waals surface area contributed by atoms with Crippen molar-refractivity contribution in [1.82, 2.24) is 16.0 Å². The summed E-state index contributed by atoms with van der Waals surface area (Å²) < 4.78 is 13.3. The fraction of sp³-hybridized carbons (Fsp3) is 0.385. The molecule has 3 N–H and O–H groups in total. The summed E-state index contributed by atoms with van der Waals surface area (Å²) in [4.78, 5) is 22.8. The minimum atomic E-state index is -0.407. The largest absolute Gasteiger partial charge is 0.353 e. The number of rotatable bonds is 6. The summed E-state index contributed by atoms with van der Waals surface area (Å²) in [5.41, 5.74) is 0.764. The molecule has 2 amide bonds. The van der Waals surface area contributed by atoms with Crippen LogP contribution in [0, 0.1) is 12.7 Å². The minimum absolute atomic E-state index is 0.141. The van der Waals surface area contributed by atoms with Crippen LogP contribution < -0.4 is 16.0 Å². The third-order valence-electron chi connectivity index (χ3n) is 2.50. The summed E-state index contributed by atoms with van der Waals surface area (Å²) in [6.45, 7) is 2.50. The number of hydrogen-bond donors (Lipinski definition) is 3. The Bertz CT molecular complexity index is 463. The van der Waals surface area contributed by atoms with E-state index in [2.05, 4.69) is 16.0 Å². The molecule has 0 saturated heterocycles. The van der Waals surface area contributed by atoms with Crippen molar-refractivity contribution < 1.29 is 14.0 Å². The van der Waals surface area contributed by atoms with Gasteiger partial charge in [0.15, 0.2) is 0 Å². The highest BCUT2D eigenvalue weighted by atomic mass is 19.1. The number of likely N-dealkylation sites (N-methyl/N-ethyl adjacent to an activating group) is 1. The molecule has 104 valence electrons. The first-order chi connectivity index (χ1) is 9.04. The van der Waals surface area contributed by atoms with E-state index in [1.165, 1.54) is 6.07 Å². The first kappa shape index (κ1) is 15.1. The highest BCUT2D eigenvalue weighted by molar-refractivity contribution is 5.94. The molecule has 0 heterocycles. The van der Waals surface area contributed by atoms with Gasteiger partial charge in [0.1, 0.15) is 5.82 Å². The number of carbonyl (C=O) groups is 2. The smallest absolute Gasteiger partial charge is 0.251 e. The van der Waals surface area contributed by atoms with Crippen LogP contribution in [-0.2, 0) is 4.79 Å². The quantitative estimate of drug-likeness (QED) is 0.645. The van der Waals surface area contributed by atoms with Gasteiger partial charge in [-0.05, 0) is 31.7 Å². The molecule has 0 aromatic heterocycles. The van der Waals surface area contributed by atoms with Crippen molar-refractivity contribution in [3.63, 3.8) is 0 Å². The van der Waals surface area contributed by atoms with Crippen LogP contribution in [0.5, 0.6) is 0 Å². The molecule has 0 aliphatic carbocycles. The number of benzene rings is 1. The van der Waals surface area contributed by atoms with Crippen LogP contribution in [0.15, 0.2) is 18.2 Å². The highest BCUT2D eigenvalue weighted by Crippen LogP contribution is 2.08. The Balaban J connectivity index is 2.35. The molecular formula is C13H18FN3O2. The zero-order valence-electron chi connectivity index (χ0n) is 11.0. The third-order valence-corrected chi connectivity index (χ3v) is 2.50. The maximum Gasteiger partial charge on any atom is 0.251 e. The van der Waals surface area contributed by atoms with E-state index in [1.54, 1.807) is 26.1 Å². The Hall–Kier alpha value is -1.95. The van der Waals surface area contributed by atoms with Gasteiger partial charge < -0.3 is 16.0 Å². The van der Waals surface area contributed by atoms with Crippen molar-refractivity contribution in [3.05, 3.63) is 35.1 Å². The van der Waals surface area contributed by atoms with Gasteiger partial charge in [-0.15, -0.1) is 0 Å². The van der Waals surface area contributed by atoms with Crippen molar-refractivity contribution in [2.24, 2.45) is 0 Å². The summed E-state index contributed by atoms with van der Waals surface area (Å²) in [7, 11) is 1.67. The predicted octanol–water partition coefficient (Wildman–Crippen LogP) is 0.200. The van der Waals surface area contributed by atoms with Gasteiger partial charge >= 0.3 is 0 Å². The molecule has 6 heteroatoms. The highest BCUT2D eigenvalue weighted by Gasteiger charge is 2.07. The van der Waals surface area contributed by atoms with Gasteiger partial charge in [0, 0.05) is 18.7 Å². The van der Waals surface area contributed by atoms with Gasteiger partial charge in [0.05, 0.1) is 6.54 Å². The summed E-state index contributed by atoms with van der Waals surface area (Å²) in [5, 5.41) is 7.94. The van der Waals surface area contributed by atoms with E-state index in [1.807, 2.05) is 0 Å². The molecule has 0 unspecified atom stereocenters. The molecule has 1 aromatic rings. The molecule has 1 aromatic carbocycles. The molecule has 0 aliphatic rings. The Morgan fingerprint density at radius 2 is 1.89 bits per heavy atom. The second kappa shape index (κ2) is 7.48. The standard InChI is InChI=1S/C13H18FN3O2/c1-9-3-4-10(7-11(9)14)13(19)17-6-5-16-12(18)8-15-2/h3-4,7,15H,5-6,8H2,1-2H3,(H,16,18)(H,17,19). The Morgan fingerprint density at radius 1 is 1.21 bits per heavy atom. The Morgan fingerprint density at radius 3 is 2.53 bits per heavy atom. The van der Waals surface area contributed by atoms with E-state index in [0.29, 0.717) is 18.7 Å². The molecule has 0 bridgehead atoms. The average molecular weight is 267 g/mol. The van der Waals surface area contributed by atoms with Crippen molar-refractivity contribution >= 4 is 11.8 Å². The van der Waals surface area contributed by atoms with E-state index in [4.69, 9.17) is 0 Å². The molecule has 0 spiro atoms. The van der Waals surface area contributed by atoms with Crippen LogP contribution in [0.25, 0.3) is 0 Å². The minimum Gasteiger partial charge on any atom is -0.353 e. The number of aryl methyl sites for hydroxylation is 1. The van der Waals surface area contributed by atoms with E-state index in [-0.39, 0.29) is 23.9 Å². The summed E-state index contributed by atoms with van der Waals surface area (Å²) in [6.07, 6.45) is 0. The topological polar surface area (TPSA) is 70.2 Å². The molecule has 19 heavy (non-hydrogen) atoms. The summed E-state index contributed by atoms with van der Waals surface area (Å²) >= 11 is 0. The zero-order valence-corrected chi connectivity index (χ0v) is 11.0. The van der Waals surface area contributed by atoms with Crippen LogP contribution in [0.4, 0.5) is 4.39 Å². The monoisotopic (exact) mass is 267 g/mol. The van der Waals surface area contributed by atoms with Gasteiger partial charge in [-0.2, -0.15) is 0 Å². The predicted molar refractivity (Wildman–Crippen MR) is 70.4 cm³/mol. The van der Waals surface area contributed by atoms with Crippen LogP contribution in [0.2, 0.25) is 0 Å². The van der Waals surface area contributed by atoms with E-state index in [0.717, 1.165) is 0 Å². The van der Waals surface area contributed by atoms with E-state index in [9.17, 15) is 14.0 Å². The fourth-order valence-corrected chi connectivity index (χ4v) is 1.44. The van der Waals surface area contributed by atoms with Gasteiger partial charge in [-0.1, -0.05) is 6.07 Å². The lowest BCUT2D eigenvalue weighted by molar-refractivity contribution is -0.120. The molecule has 0 radical (unpaired) electrons. The van der Waals surface area contributed by atoms with Crippen LogP contribution in [0.1, 0.15) is 15.9 Å². The Kier molecular flexibility index (Phi) is 5.95. The van der Waals surface area contributed by atoms with Gasteiger partial charge in [0.2, 0.25) is 5.91 Å². The maximum atomic E-state index is 13.3. The number of halogens is 1. The first-order valence-corrected chi connectivity index (χ1v) is 6.00. The second-order valence-corrected chi connectivity index (χ2v) is 4.10. The lowest BCUT2D eigenvalue weighted by atomic mass is 10.1. The lowest BCUT2D eigenvalue weighted by Crippen LogP contribution is -2.38.